The predicted octanol–water partition coefficient (Wildman–Crippen LogP) is 3.90. The summed E-state index contributed by atoms with van der Waals surface area (Å²) in [6, 6.07) is 5.85. The van der Waals surface area contributed by atoms with Crippen molar-refractivity contribution in [1.82, 2.24) is 19.9 Å². The van der Waals surface area contributed by atoms with Gasteiger partial charge in [-0.25, -0.2) is 9.97 Å². The van der Waals surface area contributed by atoms with Crippen LogP contribution in [0, 0.1) is 6.92 Å². The van der Waals surface area contributed by atoms with Gasteiger partial charge in [-0.3, -0.25) is 14.8 Å². The van der Waals surface area contributed by atoms with Crippen molar-refractivity contribution >= 4 is 43.6 Å². The molecule has 28 heavy (non-hydrogen) atoms. The molecule has 0 aromatic carbocycles. The standard InChI is InChI=1S/C19H20Br2N6O/c1-12-3-4-13(9-24-12)7-14-10-26-19(27-18(14)28)23-6-2-5-22-17-16(21)8-15(20)11-25-17/h3-4,8-11H,2,5-7H2,1H3,(H,22,25)(H2,23,26,27,28). The number of hydrogen-bond acceptors (Lipinski definition) is 6. The fourth-order valence-corrected chi connectivity index (χ4v) is 3.63. The van der Waals surface area contributed by atoms with Crippen molar-refractivity contribution in [2.75, 3.05) is 23.7 Å². The fraction of sp³-hybridized carbons (Fsp3) is 0.263. The molecule has 0 unspecified atom stereocenters. The molecule has 3 N–H and O–H groups in total. The van der Waals surface area contributed by atoms with E-state index in [1.165, 1.54) is 0 Å². The van der Waals surface area contributed by atoms with E-state index in [2.05, 4.69) is 62.4 Å². The zero-order chi connectivity index (χ0) is 19.9. The number of halogens is 2. The Kier molecular flexibility index (Phi) is 7.16. The molecule has 0 atom stereocenters. The van der Waals surface area contributed by atoms with E-state index in [0.29, 0.717) is 24.5 Å². The minimum absolute atomic E-state index is 0.140. The van der Waals surface area contributed by atoms with Crippen molar-refractivity contribution < 1.29 is 0 Å². The highest BCUT2D eigenvalue weighted by atomic mass is 79.9. The Balaban J connectivity index is 1.46. The lowest BCUT2D eigenvalue weighted by molar-refractivity contribution is 0.883. The van der Waals surface area contributed by atoms with Gasteiger partial charge in [0.15, 0.2) is 0 Å². The molecule has 3 rings (SSSR count). The molecular formula is C19H20Br2N6O. The number of H-pyrrole nitrogens is 1. The highest BCUT2D eigenvalue weighted by Gasteiger charge is 2.05. The summed E-state index contributed by atoms with van der Waals surface area (Å²) in [6.07, 6.45) is 6.49. The van der Waals surface area contributed by atoms with Gasteiger partial charge in [-0.15, -0.1) is 0 Å². The summed E-state index contributed by atoms with van der Waals surface area (Å²) in [6.45, 7) is 3.34. The molecule has 0 aliphatic heterocycles. The van der Waals surface area contributed by atoms with E-state index >= 15 is 0 Å². The Hall–Kier alpha value is -2.26. The van der Waals surface area contributed by atoms with Crippen LogP contribution >= 0.6 is 31.9 Å². The van der Waals surface area contributed by atoms with Gasteiger partial charge in [0.1, 0.15) is 5.82 Å². The molecule has 0 saturated heterocycles. The Morgan fingerprint density at radius 3 is 2.57 bits per heavy atom. The maximum atomic E-state index is 12.3. The molecule has 0 spiro atoms. The third-order valence-corrected chi connectivity index (χ3v) is 5.02. The zero-order valence-electron chi connectivity index (χ0n) is 15.3. The summed E-state index contributed by atoms with van der Waals surface area (Å²) in [5, 5.41) is 6.40. The monoisotopic (exact) mass is 506 g/mol. The van der Waals surface area contributed by atoms with Gasteiger partial charge in [0.05, 0.1) is 4.47 Å². The lowest BCUT2D eigenvalue weighted by Gasteiger charge is -2.09. The molecular weight excluding hydrogens is 488 g/mol. The molecule has 3 aromatic rings. The van der Waals surface area contributed by atoms with Crippen LogP contribution in [0.15, 0.2) is 50.5 Å². The highest BCUT2D eigenvalue weighted by molar-refractivity contribution is 9.11. The van der Waals surface area contributed by atoms with Gasteiger partial charge in [-0.05, 0) is 62.9 Å². The molecule has 3 aromatic heterocycles. The number of nitrogens with one attached hydrogen (secondary N) is 3. The number of pyridine rings is 2. The number of hydrogen-bond donors (Lipinski definition) is 3. The smallest absolute Gasteiger partial charge is 0.255 e. The molecule has 0 amide bonds. The molecule has 0 fully saturated rings. The summed E-state index contributed by atoms with van der Waals surface area (Å²) in [4.78, 5) is 27.9. The third-order valence-electron chi connectivity index (χ3n) is 3.99. The predicted molar refractivity (Wildman–Crippen MR) is 118 cm³/mol. The van der Waals surface area contributed by atoms with Gasteiger partial charge in [0.2, 0.25) is 5.95 Å². The molecule has 9 heteroatoms. The zero-order valence-corrected chi connectivity index (χ0v) is 18.5. The first-order valence-electron chi connectivity index (χ1n) is 8.80. The van der Waals surface area contributed by atoms with E-state index in [0.717, 1.165) is 39.0 Å². The summed E-state index contributed by atoms with van der Waals surface area (Å²) in [5.74, 6) is 1.27. The number of anilines is 2. The molecule has 7 nitrogen and oxygen atoms in total. The van der Waals surface area contributed by atoms with Gasteiger partial charge in [-0.2, -0.15) is 0 Å². The summed E-state index contributed by atoms with van der Waals surface area (Å²) >= 11 is 6.85. The molecule has 0 aliphatic rings. The van der Waals surface area contributed by atoms with Crippen LogP contribution in [0.5, 0.6) is 0 Å². The summed E-state index contributed by atoms with van der Waals surface area (Å²) in [7, 11) is 0. The Labute approximate surface area is 179 Å². The number of aromatic amines is 1. The van der Waals surface area contributed by atoms with Gasteiger partial charge >= 0.3 is 0 Å². The van der Waals surface area contributed by atoms with Crippen LogP contribution in [0.1, 0.15) is 23.2 Å². The largest absolute Gasteiger partial charge is 0.369 e. The van der Waals surface area contributed by atoms with Gasteiger partial charge in [-0.1, -0.05) is 6.07 Å². The molecule has 0 bridgehead atoms. The van der Waals surface area contributed by atoms with E-state index in [9.17, 15) is 4.79 Å². The fourth-order valence-electron chi connectivity index (χ4n) is 2.51. The average Bonchev–Trinajstić information content (AvgIpc) is 2.67. The van der Waals surface area contributed by atoms with Crippen LogP contribution in [0.2, 0.25) is 0 Å². The Morgan fingerprint density at radius 1 is 1.04 bits per heavy atom. The van der Waals surface area contributed by atoms with Crippen LogP contribution in [0.4, 0.5) is 11.8 Å². The quantitative estimate of drug-likeness (QED) is 0.400. The normalized spacial score (nSPS) is 10.7. The first kappa shape index (κ1) is 20.5. The van der Waals surface area contributed by atoms with E-state index < -0.39 is 0 Å². The third kappa shape index (κ3) is 5.87. The first-order valence-corrected chi connectivity index (χ1v) is 10.4. The SMILES string of the molecule is Cc1ccc(Cc2cnc(NCCCNc3ncc(Br)cc3Br)[nH]c2=O)cn1. The second-order valence-electron chi connectivity index (χ2n) is 6.26. The van der Waals surface area contributed by atoms with E-state index in [-0.39, 0.29) is 5.56 Å². The number of aryl methyl sites for hydroxylation is 1. The highest BCUT2D eigenvalue weighted by Crippen LogP contribution is 2.23. The second kappa shape index (κ2) is 9.79. The topological polar surface area (TPSA) is 95.6 Å². The molecule has 0 radical (unpaired) electrons. The Bertz CT molecular complexity index is 990. The van der Waals surface area contributed by atoms with Crippen LogP contribution in [0.3, 0.4) is 0 Å². The van der Waals surface area contributed by atoms with Crippen LogP contribution in [-0.2, 0) is 6.42 Å². The molecule has 146 valence electrons. The minimum atomic E-state index is -0.140. The lowest BCUT2D eigenvalue weighted by atomic mass is 10.1. The van der Waals surface area contributed by atoms with Gasteiger partial charge in [0.25, 0.3) is 5.56 Å². The number of rotatable bonds is 8. The maximum absolute atomic E-state index is 12.3. The first-order chi connectivity index (χ1) is 13.5. The second-order valence-corrected chi connectivity index (χ2v) is 8.03. The number of aromatic nitrogens is 4. The number of nitrogens with zero attached hydrogens (tertiary/aromatic N) is 3. The van der Waals surface area contributed by atoms with Crippen molar-refractivity contribution in [3.05, 3.63) is 72.9 Å². The maximum Gasteiger partial charge on any atom is 0.255 e. The molecule has 3 heterocycles. The van der Waals surface area contributed by atoms with E-state index in [1.807, 2.05) is 25.1 Å². The van der Waals surface area contributed by atoms with Crippen LogP contribution < -0.4 is 16.2 Å². The van der Waals surface area contributed by atoms with Crippen molar-refractivity contribution in [3.63, 3.8) is 0 Å². The van der Waals surface area contributed by atoms with Crippen LogP contribution in [-0.4, -0.2) is 33.0 Å². The van der Waals surface area contributed by atoms with Gasteiger partial charge < -0.3 is 10.6 Å². The minimum Gasteiger partial charge on any atom is -0.369 e. The van der Waals surface area contributed by atoms with E-state index in [1.54, 1.807) is 18.6 Å². The van der Waals surface area contributed by atoms with Crippen molar-refractivity contribution in [2.24, 2.45) is 0 Å². The van der Waals surface area contributed by atoms with Crippen molar-refractivity contribution in [1.29, 1.82) is 0 Å². The van der Waals surface area contributed by atoms with Crippen LogP contribution in [0.25, 0.3) is 0 Å². The lowest BCUT2D eigenvalue weighted by Crippen LogP contribution is -2.18. The molecule has 0 saturated carbocycles. The Morgan fingerprint density at radius 2 is 1.86 bits per heavy atom. The molecule has 0 aliphatic carbocycles. The average molecular weight is 508 g/mol. The van der Waals surface area contributed by atoms with Gasteiger partial charge in [0, 0.05) is 53.8 Å². The summed E-state index contributed by atoms with van der Waals surface area (Å²) < 4.78 is 1.82. The van der Waals surface area contributed by atoms with E-state index in [4.69, 9.17) is 0 Å². The van der Waals surface area contributed by atoms with Crippen molar-refractivity contribution in [3.8, 4) is 0 Å². The van der Waals surface area contributed by atoms with Crippen molar-refractivity contribution in [2.45, 2.75) is 19.8 Å². The summed E-state index contributed by atoms with van der Waals surface area (Å²) in [5.41, 5.74) is 2.41.